The van der Waals surface area contributed by atoms with Gasteiger partial charge in [0.2, 0.25) is 0 Å². The second kappa shape index (κ2) is 8.81. The van der Waals surface area contributed by atoms with E-state index in [1.54, 1.807) is 48.7 Å². The Labute approximate surface area is 185 Å². The van der Waals surface area contributed by atoms with E-state index in [1.807, 2.05) is 31.2 Å². The van der Waals surface area contributed by atoms with Crippen LogP contribution < -0.4 is 10.4 Å². The summed E-state index contributed by atoms with van der Waals surface area (Å²) in [6.45, 7) is 2.01. The largest absolute Gasteiger partial charge is 0.504 e. The van der Waals surface area contributed by atoms with Crippen LogP contribution in [-0.4, -0.2) is 27.6 Å². The lowest BCUT2D eigenvalue weighted by molar-refractivity contribution is 0.104. The van der Waals surface area contributed by atoms with Crippen LogP contribution in [-0.2, 0) is 0 Å². The van der Waals surface area contributed by atoms with E-state index >= 15 is 0 Å². The number of hydrogen-bond donors (Lipinski definition) is 2. The first kappa shape index (κ1) is 20.9. The predicted molar refractivity (Wildman–Crippen MR) is 125 cm³/mol. The molecule has 0 aliphatic heterocycles. The number of aromatic nitrogens is 2. The highest BCUT2D eigenvalue weighted by Gasteiger charge is 2.10. The molecule has 160 valence electrons. The second-order valence-electron chi connectivity index (χ2n) is 7.39. The topological polar surface area (TPSA) is 84.3 Å². The first-order valence-corrected chi connectivity index (χ1v) is 10.0. The number of aromatic hydroxyl groups is 1. The van der Waals surface area contributed by atoms with Gasteiger partial charge in [-0.15, -0.1) is 0 Å². The van der Waals surface area contributed by atoms with Gasteiger partial charge in [0.05, 0.1) is 18.5 Å². The Morgan fingerprint density at radius 2 is 1.84 bits per heavy atom. The fourth-order valence-corrected chi connectivity index (χ4v) is 3.34. The number of rotatable bonds is 6. The number of ether oxygens (including phenoxy) is 1. The van der Waals surface area contributed by atoms with Gasteiger partial charge in [0.15, 0.2) is 17.3 Å². The minimum Gasteiger partial charge on any atom is -0.504 e. The van der Waals surface area contributed by atoms with E-state index in [1.165, 1.54) is 23.8 Å². The summed E-state index contributed by atoms with van der Waals surface area (Å²) in [7, 11) is 1.46. The molecule has 6 nitrogen and oxygen atoms in total. The van der Waals surface area contributed by atoms with Gasteiger partial charge in [-0.1, -0.05) is 54.1 Å². The number of phenols is 1. The van der Waals surface area contributed by atoms with Crippen LogP contribution >= 0.6 is 0 Å². The van der Waals surface area contributed by atoms with Gasteiger partial charge >= 0.3 is 5.69 Å². The monoisotopic (exact) mass is 426 g/mol. The van der Waals surface area contributed by atoms with Crippen molar-refractivity contribution in [2.24, 2.45) is 0 Å². The fourth-order valence-electron chi connectivity index (χ4n) is 3.34. The van der Waals surface area contributed by atoms with Crippen LogP contribution in [0.4, 0.5) is 0 Å². The number of aryl methyl sites for hydroxylation is 1. The van der Waals surface area contributed by atoms with Crippen LogP contribution in [0.15, 0.2) is 83.8 Å². The number of nitrogens with zero attached hydrogens (tertiary/aromatic N) is 1. The molecule has 0 radical (unpaired) electrons. The van der Waals surface area contributed by atoms with E-state index < -0.39 is 0 Å². The highest BCUT2D eigenvalue weighted by molar-refractivity contribution is 6.07. The zero-order valence-corrected chi connectivity index (χ0v) is 17.7. The van der Waals surface area contributed by atoms with Crippen LogP contribution in [0.3, 0.4) is 0 Å². The summed E-state index contributed by atoms with van der Waals surface area (Å²) in [6.07, 6.45) is 4.83. The van der Waals surface area contributed by atoms with Gasteiger partial charge in [0, 0.05) is 11.8 Å². The number of methoxy groups -OCH3 is 1. The zero-order chi connectivity index (χ0) is 22.7. The Morgan fingerprint density at radius 1 is 1.06 bits per heavy atom. The Balaban J connectivity index is 1.59. The van der Waals surface area contributed by atoms with Crippen molar-refractivity contribution in [2.45, 2.75) is 6.92 Å². The van der Waals surface area contributed by atoms with Crippen LogP contribution in [0.5, 0.6) is 11.5 Å². The summed E-state index contributed by atoms with van der Waals surface area (Å²) in [6, 6.07) is 19.6. The van der Waals surface area contributed by atoms with E-state index in [0.29, 0.717) is 28.3 Å². The van der Waals surface area contributed by atoms with Gasteiger partial charge in [-0.2, -0.15) is 0 Å². The van der Waals surface area contributed by atoms with Gasteiger partial charge in [-0.05, 0) is 48.4 Å². The van der Waals surface area contributed by atoms with Gasteiger partial charge in [0.25, 0.3) is 0 Å². The van der Waals surface area contributed by atoms with Crippen molar-refractivity contribution in [2.75, 3.05) is 7.11 Å². The van der Waals surface area contributed by atoms with E-state index in [4.69, 9.17) is 4.74 Å². The smallest absolute Gasteiger partial charge is 0.330 e. The molecular weight excluding hydrogens is 404 g/mol. The molecule has 3 aromatic carbocycles. The van der Waals surface area contributed by atoms with E-state index in [9.17, 15) is 14.7 Å². The molecule has 0 spiro atoms. The average Bonchev–Trinajstić information content (AvgIpc) is 3.20. The van der Waals surface area contributed by atoms with Gasteiger partial charge in [-0.25, -0.2) is 4.79 Å². The molecule has 0 saturated heterocycles. The Hall–Kier alpha value is -4.32. The summed E-state index contributed by atoms with van der Waals surface area (Å²) >= 11 is 0. The highest BCUT2D eigenvalue weighted by atomic mass is 16.5. The molecule has 4 aromatic rings. The van der Waals surface area contributed by atoms with Gasteiger partial charge in [-0.3, -0.25) is 9.36 Å². The molecule has 0 amide bonds. The molecule has 0 aliphatic carbocycles. The van der Waals surface area contributed by atoms with E-state index in [2.05, 4.69) is 4.98 Å². The normalized spacial score (nSPS) is 11.1. The number of benzene rings is 3. The summed E-state index contributed by atoms with van der Waals surface area (Å²) in [4.78, 5) is 28.1. The van der Waals surface area contributed by atoms with Crippen molar-refractivity contribution in [1.82, 2.24) is 9.55 Å². The molecule has 1 aromatic heterocycles. The van der Waals surface area contributed by atoms with Crippen molar-refractivity contribution >= 4 is 11.9 Å². The van der Waals surface area contributed by atoms with Crippen molar-refractivity contribution in [3.05, 3.63) is 106 Å². The number of ketones is 1. The number of carbonyl (C=O) groups is 1. The molecule has 2 N–H and O–H groups in total. The third kappa shape index (κ3) is 4.39. The van der Waals surface area contributed by atoms with Crippen molar-refractivity contribution < 1.29 is 14.6 Å². The summed E-state index contributed by atoms with van der Waals surface area (Å²) in [5.74, 6) is 0.157. The average molecular weight is 426 g/mol. The summed E-state index contributed by atoms with van der Waals surface area (Å²) < 4.78 is 6.58. The minimum absolute atomic E-state index is 0.0330. The van der Waals surface area contributed by atoms with Crippen LogP contribution in [0.2, 0.25) is 0 Å². The molecule has 4 rings (SSSR count). The van der Waals surface area contributed by atoms with Gasteiger partial charge < -0.3 is 14.8 Å². The molecule has 0 saturated carbocycles. The number of imidazole rings is 1. The molecule has 0 bridgehead atoms. The SMILES string of the molecule is COc1cc(C=CC(=O)c2cccc(-n3cc(-c4ccc(C)cc4)[nH]c3=O)c2)ccc1O. The number of hydrogen-bond acceptors (Lipinski definition) is 4. The van der Waals surface area contributed by atoms with Crippen LogP contribution in [0, 0.1) is 6.92 Å². The number of phenolic OH excluding ortho intramolecular Hbond substituents is 1. The molecule has 0 aliphatic rings. The Bertz CT molecular complexity index is 1360. The first-order valence-electron chi connectivity index (χ1n) is 10.0. The van der Waals surface area contributed by atoms with Crippen LogP contribution in [0.25, 0.3) is 23.0 Å². The number of H-pyrrole nitrogens is 1. The predicted octanol–water partition coefficient (Wildman–Crippen LogP) is 4.75. The maximum Gasteiger partial charge on any atom is 0.330 e. The highest BCUT2D eigenvalue weighted by Crippen LogP contribution is 2.27. The van der Waals surface area contributed by atoms with Crippen molar-refractivity contribution in [3.8, 4) is 28.4 Å². The Kier molecular flexibility index (Phi) is 5.77. The molecule has 6 heteroatoms. The van der Waals surface area contributed by atoms with Crippen molar-refractivity contribution in [1.29, 1.82) is 0 Å². The van der Waals surface area contributed by atoms with E-state index in [-0.39, 0.29) is 17.2 Å². The Morgan fingerprint density at radius 3 is 2.59 bits per heavy atom. The third-order valence-electron chi connectivity index (χ3n) is 5.12. The lowest BCUT2D eigenvalue weighted by Crippen LogP contribution is -2.14. The molecule has 0 atom stereocenters. The molecular formula is C26H22N2O4. The quantitative estimate of drug-likeness (QED) is 0.344. The number of aromatic amines is 1. The molecule has 32 heavy (non-hydrogen) atoms. The maximum absolute atomic E-state index is 12.7. The summed E-state index contributed by atoms with van der Waals surface area (Å²) in [5.41, 5.74) is 4.23. The number of allylic oxidation sites excluding steroid dienone is 1. The zero-order valence-electron chi connectivity index (χ0n) is 17.7. The lowest BCUT2D eigenvalue weighted by Gasteiger charge is -2.04. The third-order valence-corrected chi connectivity index (χ3v) is 5.12. The lowest BCUT2D eigenvalue weighted by atomic mass is 10.1. The number of carbonyl (C=O) groups excluding carboxylic acids is 1. The molecule has 0 unspecified atom stereocenters. The first-order chi connectivity index (χ1) is 15.4. The summed E-state index contributed by atoms with van der Waals surface area (Å²) in [5, 5.41) is 9.69. The minimum atomic E-state index is -0.281. The fraction of sp³-hybridized carbons (Fsp3) is 0.0769. The molecule has 0 fully saturated rings. The second-order valence-corrected chi connectivity index (χ2v) is 7.39. The van der Waals surface area contributed by atoms with E-state index in [0.717, 1.165) is 11.1 Å². The molecule has 1 heterocycles. The van der Waals surface area contributed by atoms with Crippen molar-refractivity contribution in [3.63, 3.8) is 0 Å². The van der Waals surface area contributed by atoms with Gasteiger partial charge in [0.1, 0.15) is 0 Å². The standard InChI is InChI=1S/C26H22N2O4/c1-17-6-10-19(11-7-17)22-16-28(26(31)27-22)21-5-3-4-20(15-21)23(29)12-8-18-9-13-24(30)25(14-18)32-2/h3-16,30H,1-2H3,(H,27,31). The maximum atomic E-state index is 12.7. The van der Waals surface area contributed by atoms with Crippen LogP contribution in [0.1, 0.15) is 21.5 Å². The number of nitrogens with one attached hydrogen (secondary N) is 1.